The highest BCUT2D eigenvalue weighted by Gasteiger charge is 2.34. The van der Waals surface area contributed by atoms with Crippen molar-refractivity contribution < 1.29 is 18.0 Å². The van der Waals surface area contributed by atoms with Crippen LogP contribution in [0.3, 0.4) is 0 Å². The van der Waals surface area contributed by atoms with Crippen LogP contribution in [0.2, 0.25) is 0 Å². The summed E-state index contributed by atoms with van der Waals surface area (Å²) < 4.78 is 40.3. The number of amides is 1. The molecule has 0 unspecified atom stereocenters. The van der Waals surface area contributed by atoms with Gasteiger partial charge in [0.1, 0.15) is 5.82 Å². The van der Waals surface area contributed by atoms with Gasteiger partial charge in [-0.3, -0.25) is 4.79 Å². The number of likely N-dealkylation sites (N-methyl/N-ethyl adjacent to an activating group) is 2. The van der Waals surface area contributed by atoms with Gasteiger partial charge < -0.3 is 20.0 Å². The number of alkyl halides is 3. The molecule has 7 nitrogen and oxygen atoms in total. The summed E-state index contributed by atoms with van der Waals surface area (Å²) in [6, 6.07) is 8.04. The van der Waals surface area contributed by atoms with Gasteiger partial charge in [-0.05, 0) is 38.8 Å². The fraction of sp³-hybridized carbons (Fsp3) is 0.500. The number of nitrogens with one attached hydrogen (secondary N) is 1. The van der Waals surface area contributed by atoms with Gasteiger partial charge in [-0.1, -0.05) is 23.9 Å². The molecule has 1 aromatic carbocycles. The predicted octanol–water partition coefficient (Wildman–Crippen LogP) is 2.83. The summed E-state index contributed by atoms with van der Waals surface area (Å²) >= 11 is 1.15. The van der Waals surface area contributed by atoms with Crippen LogP contribution in [0.15, 0.2) is 35.5 Å². The summed E-state index contributed by atoms with van der Waals surface area (Å²) in [5.41, 5.74) is 0.473. The lowest BCUT2D eigenvalue weighted by molar-refractivity contribution is -0.141. The van der Waals surface area contributed by atoms with E-state index < -0.39 is 11.9 Å². The number of rotatable bonds is 8. The molecular weight excluding hydrogens is 453 g/mol. The maximum atomic E-state index is 13.4. The fourth-order valence-corrected chi connectivity index (χ4v) is 4.02. The van der Waals surface area contributed by atoms with E-state index in [4.69, 9.17) is 0 Å². The van der Waals surface area contributed by atoms with E-state index in [1.54, 1.807) is 24.3 Å². The largest absolute Gasteiger partial charge is 0.433 e. The molecule has 1 aliphatic heterocycles. The lowest BCUT2D eigenvalue weighted by Gasteiger charge is -2.33. The zero-order valence-electron chi connectivity index (χ0n) is 19.0. The first-order chi connectivity index (χ1) is 15.6. The molecule has 0 spiro atoms. The summed E-state index contributed by atoms with van der Waals surface area (Å²) in [6.07, 6.45) is -4.54. The highest BCUT2D eigenvalue weighted by molar-refractivity contribution is 7.98. The Morgan fingerprint density at radius 1 is 1.12 bits per heavy atom. The highest BCUT2D eigenvalue weighted by atomic mass is 32.2. The van der Waals surface area contributed by atoms with E-state index in [2.05, 4.69) is 20.2 Å². The number of hydrogen-bond donors (Lipinski definition) is 1. The molecule has 0 atom stereocenters. The second-order valence-electron chi connectivity index (χ2n) is 8.23. The van der Waals surface area contributed by atoms with E-state index in [1.807, 2.05) is 30.9 Å². The van der Waals surface area contributed by atoms with Crippen LogP contribution in [-0.2, 0) is 11.9 Å². The maximum Gasteiger partial charge on any atom is 0.433 e. The van der Waals surface area contributed by atoms with Crippen LogP contribution in [-0.4, -0.2) is 86.1 Å². The Morgan fingerprint density at radius 2 is 1.79 bits per heavy atom. The molecule has 2 aromatic rings. The van der Waals surface area contributed by atoms with Crippen LogP contribution in [0.1, 0.15) is 21.6 Å². The fourth-order valence-electron chi connectivity index (χ4n) is 3.22. The van der Waals surface area contributed by atoms with Crippen molar-refractivity contribution in [2.45, 2.75) is 17.1 Å². The molecule has 1 saturated heterocycles. The van der Waals surface area contributed by atoms with E-state index in [0.717, 1.165) is 43.0 Å². The molecule has 33 heavy (non-hydrogen) atoms. The number of anilines is 1. The average Bonchev–Trinajstić information content (AvgIpc) is 2.77. The Balaban J connectivity index is 1.66. The van der Waals surface area contributed by atoms with Crippen LogP contribution in [0.4, 0.5) is 19.0 Å². The Labute approximate surface area is 196 Å². The third kappa shape index (κ3) is 7.58. The number of nitrogens with zero attached hydrogens (tertiary/aromatic N) is 5. The molecule has 0 radical (unpaired) electrons. The zero-order valence-corrected chi connectivity index (χ0v) is 19.8. The molecule has 1 amide bonds. The van der Waals surface area contributed by atoms with Gasteiger partial charge in [0.2, 0.25) is 0 Å². The van der Waals surface area contributed by atoms with Gasteiger partial charge in [-0.15, -0.1) is 0 Å². The van der Waals surface area contributed by atoms with Gasteiger partial charge >= 0.3 is 6.18 Å². The minimum Gasteiger partial charge on any atom is -0.354 e. The van der Waals surface area contributed by atoms with Crippen molar-refractivity contribution in [2.75, 3.05) is 65.3 Å². The molecule has 0 bridgehead atoms. The third-order valence-electron chi connectivity index (χ3n) is 5.24. The number of thioether (sulfide) groups is 1. The summed E-state index contributed by atoms with van der Waals surface area (Å²) in [6.45, 7) is 4.06. The zero-order chi connectivity index (χ0) is 24.0. The van der Waals surface area contributed by atoms with Gasteiger partial charge in [0.15, 0.2) is 10.9 Å². The number of benzene rings is 1. The van der Waals surface area contributed by atoms with Gasteiger partial charge in [0, 0.05) is 56.7 Å². The number of carbonyl (C=O) groups excluding carboxylic acids is 1. The molecule has 2 heterocycles. The quantitative estimate of drug-likeness (QED) is 0.459. The van der Waals surface area contributed by atoms with Gasteiger partial charge in [-0.25, -0.2) is 9.97 Å². The van der Waals surface area contributed by atoms with Crippen molar-refractivity contribution in [1.29, 1.82) is 0 Å². The number of hydrogen-bond acceptors (Lipinski definition) is 7. The van der Waals surface area contributed by atoms with Gasteiger partial charge in [0.25, 0.3) is 5.91 Å². The van der Waals surface area contributed by atoms with Crippen molar-refractivity contribution in [3.8, 4) is 0 Å². The van der Waals surface area contributed by atoms with Crippen LogP contribution < -0.4 is 10.2 Å². The first-order valence-corrected chi connectivity index (χ1v) is 11.6. The highest BCUT2D eigenvalue weighted by Crippen LogP contribution is 2.32. The standard InChI is InChI=1S/C22H29F3N6OS/c1-29(2)9-8-26-20(32)17-6-4-16(5-7-17)15-33-21-27-18(22(23,24)25)14-19(28-21)31-12-10-30(3)11-13-31/h4-7,14H,8-13,15H2,1-3H3,(H,26,32). The first-order valence-electron chi connectivity index (χ1n) is 10.7. The lowest BCUT2D eigenvalue weighted by Crippen LogP contribution is -2.45. The Morgan fingerprint density at radius 3 is 2.39 bits per heavy atom. The van der Waals surface area contributed by atoms with Crippen LogP contribution in [0.5, 0.6) is 0 Å². The molecule has 1 fully saturated rings. The van der Waals surface area contributed by atoms with Gasteiger partial charge in [-0.2, -0.15) is 13.2 Å². The Bertz CT molecular complexity index is 931. The van der Waals surface area contributed by atoms with E-state index in [9.17, 15) is 18.0 Å². The molecule has 1 aliphatic rings. The van der Waals surface area contributed by atoms with E-state index >= 15 is 0 Å². The molecule has 11 heteroatoms. The second kappa shape index (κ2) is 11.2. The van der Waals surface area contributed by atoms with Crippen molar-refractivity contribution >= 4 is 23.5 Å². The van der Waals surface area contributed by atoms with E-state index in [1.165, 1.54) is 0 Å². The van der Waals surface area contributed by atoms with Crippen LogP contribution in [0.25, 0.3) is 0 Å². The number of halogens is 3. The van der Waals surface area contributed by atoms with Crippen molar-refractivity contribution in [2.24, 2.45) is 0 Å². The molecule has 0 saturated carbocycles. The molecule has 3 rings (SSSR count). The third-order valence-corrected chi connectivity index (χ3v) is 6.16. The number of carbonyl (C=O) groups is 1. The summed E-state index contributed by atoms with van der Waals surface area (Å²) in [5, 5.41) is 2.94. The first kappa shape index (κ1) is 25.3. The summed E-state index contributed by atoms with van der Waals surface area (Å²) in [5.74, 6) is 0.540. The Kier molecular flexibility index (Phi) is 8.55. The Hall–Kier alpha value is -2.37. The van der Waals surface area contributed by atoms with Crippen LogP contribution in [0, 0.1) is 0 Å². The molecule has 1 aromatic heterocycles. The number of aromatic nitrogens is 2. The minimum atomic E-state index is -4.54. The minimum absolute atomic E-state index is 0.0873. The predicted molar refractivity (Wildman–Crippen MR) is 124 cm³/mol. The number of piperazine rings is 1. The average molecular weight is 483 g/mol. The van der Waals surface area contributed by atoms with Gasteiger partial charge in [0.05, 0.1) is 0 Å². The summed E-state index contributed by atoms with van der Waals surface area (Å²) in [4.78, 5) is 26.3. The van der Waals surface area contributed by atoms with Crippen molar-refractivity contribution in [3.63, 3.8) is 0 Å². The van der Waals surface area contributed by atoms with Crippen LogP contribution >= 0.6 is 11.8 Å². The second-order valence-corrected chi connectivity index (χ2v) is 9.17. The lowest BCUT2D eigenvalue weighted by atomic mass is 10.1. The van der Waals surface area contributed by atoms with Crippen molar-refractivity contribution in [3.05, 3.63) is 47.2 Å². The SMILES string of the molecule is CN(C)CCNC(=O)c1ccc(CSc2nc(N3CCN(C)CC3)cc(C(F)(F)F)n2)cc1. The van der Waals surface area contributed by atoms with E-state index in [0.29, 0.717) is 36.8 Å². The topological polar surface area (TPSA) is 64.6 Å². The summed E-state index contributed by atoms with van der Waals surface area (Å²) in [7, 11) is 5.85. The maximum absolute atomic E-state index is 13.4. The molecular formula is C22H29F3N6OS. The normalized spacial score (nSPS) is 15.2. The monoisotopic (exact) mass is 482 g/mol. The smallest absolute Gasteiger partial charge is 0.354 e. The van der Waals surface area contributed by atoms with E-state index in [-0.39, 0.29) is 11.1 Å². The molecule has 0 aliphatic carbocycles. The molecule has 1 N–H and O–H groups in total. The van der Waals surface area contributed by atoms with Crippen molar-refractivity contribution in [1.82, 2.24) is 25.1 Å². The molecule has 180 valence electrons.